The van der Waals surface area contributed by atoms with E-state index in [2.05, 4.69) is 6.92 Å². The lowest BCUT2D eigenvalue weighted by atomic mass is 9.72. The molecule has 1 fully saturated rings. The van der Waals surface area contributed by atoms with E-state index >= 15 is 0 Å². The Hall–Kier alpha value is -0.860. The van der Waals surface area contributed by atoms with E-state index in [4.69, 9.17) is 5.11 Å². The van der Waals surface area contributed by atoms with Crippen LogP contribution in [0.2, 0.25) is 0 Å². The van der Waals surface area contributed by atoms with Gasteiger partial charge in [-0.05, 0) is 25.2 Å². The number of hydrogen-bond donors (Lipinski definition) is 1. The molecule has 0 aliphatic heterocycles. The zero-order chi connectivity index (χ0) is 10.7. The zero-order valence-electron chi connectivity index (χ0n) is 8.82. The summed E-state index contributed by atoms with van der Waals surface area (Å²) in [5, 5.41) is 8.99. The van der Waals surface area contributed by atoms with Gasteiger partial charge in [0.2, 0.25) is 0 Å². The van der Waals surface area contributed by atoms with Crippen molar-refractivity contribution in [3.8, 4) is 0 Å². The SMILES string of the molecule is CCC(=O)C1CC(C)CCC1C(=O)O. The Labute approximate surface area is 84.5 Å². The second kappa shape index (κ2) is 4.58. The van der Waals surface area contributed by atoms with Crippen molar-refractivity contribution < 1.29 is 14.7 Å². The molecule has 14 heavy (non-hydrogen) atoms. The number of carboxylic acid groups (broad SMARTS) is 1. The van der Waals surface area contributed by atoms with Gasteiger partial charge in [0.15, 0.2) is 0 Å². The van der Waals surface area contributed by atoms with Crippen molar-refractivity contribution in [2.75, 3.05) is 0 Å². The van der Waals surface area contributed by atoms with Gasteiger partial charge < -0.3 is 5.11 Å². The van der Waals surface area contributed by atoms with E-state index in [-0.39, 0.29) is 11.7 Å². The highest BCUT2D eigenvalue weighted by Gasteiger charge is 2.36. The maximum Gasteiger partial charge on any atom is 0.307 e. The van der Waals surface area contributed by atoms with Crippen molar-refractivity contribution in [2.24, 2.45) is 17.8 Å². The van der Waals surface area contributed by atoms with Crippen LogP contribution in [-0.4, -0.2) is 16.9 Å². The Morgan fingerprint density at radius 1 is 1.29 bits per heavy atom. The monoisotopic (exact) mass is 198 g/mol. The normalized spacial score (nSPS) is 32.6. The van der Waals surface area contributed by atoms with Crippen molar-refractivity contribution in [1.29, 1.82) is 0 Å². The second-order valence-electron chi connectivity index (χ2n) is 4.29. The quantitative estimate of drug-likeness (QED) is 0.755. The van der Waals surface area contributed by atoms with Crippen LogP contribution in [0, 0.1) is 17.8 Å². The molecule has 3 unspecified atom stereocenters. The molecule has 1 aliphatic rings. The number of carboxylic acids is 1. The van der Waals surface area contributed by atoms with Crippen LogP contribution >= 0.6 is 0 Å². The summed E-state index contributed by atoms with van der Waals surface area (Å²) in [6.45, 7) is 3.90. The molecule has 80 valence electrons. The first kappa shape index (κ1) is 11.2. The van der Waals surface area contributed by atoms with E-state index in [9.17, 15) is 9.59 Å². The van der Waals surface area contributed by atoms with Crippen molar-refractivity contribution in [3.63, 3.8) is 0 Å². The Kier molecular flexibility index (Phi) is 3.67. The van der Waals surface area contributed by atoms with E-state index in [1.807, 2.05) is 0 Å². The lowest BCUT2D eigenvalue weighted by Gasteiger charge is -2.31. The molecular formula is C11H18O3. The highest BCUT2D eigenvalue weighted by Crippen LogP contribution is 2.34. The van der Waals surface area contributed by atoms with Gasteiger partial charge in [0.05, 0.1) is 5.92 Å². The highest BCUT2D eigenvalue weighted by atomic mass is 16.4. The maximum atomic E-state index is 11.6. The van der Waals surface area contributed by atoms with Gasteiger partial charge in [-0.15, -0.1) is 0 Å². The zero-order valence-corrected chi connectivity index (χ0v) is 8.82. The van der Waals surface area contributed by atoms with Gasteiger partial charge in [0.1, 0.15) is 5.78 Å². The van der Waals surface area contributed by atoms with E-state index in [0.717, 1.165) is 12.8 Å². The molecule has 0 aromatic carbocycles. The van der Waals surface area contributed by atoms with Gasteiger partial charge in [-0.1, -0.05) is 13.8 Å². The first-order chi connectivity index (χ1) is 6.56. The fourth-order valence-corrected chi connectivity index (χ4v) is 2.29. The minimum atomic E-state index is -0.802. The number of carbonyl (C=O) groups is 2. The third kappa shape index (κ3) is 2.34. The number of rotatable bonds is 3. The first-order valence-electron chi connectivity index (χ1n) is 5.31. The highest BCUT2D eigenvalue weighted by molar-refractivity contribution is 5.86. The third-order valence-corrected chi connectivity index (χ3v) is 3.19. The summed E-state index contributed by atoms with van der Waals surface area (Å²) in [5.74, 6) is -0.862. The Bertz CT molecular complexity index is 235. The number of aliphatic carboxylic acids is 1. The van der Waals surface area contributed by atoms with E-state index < -0.39 is 11.9 Å². The molecule has 0 aromatic heterocycles. The molecule has 1 rings (SSSR count). The molecule has 3 nitrogen and oxygen atoms in total. The molecule has 0 heterocycles. The standard InChI is InChI=1S/C11H18O3/c1-3-10(12)9-6-7(2)4-5-8(9)11(13)14/h7-9H,3-6H2,1-2H3,(H,13,14). The van der Waals surface area contributed by atoms with Crippen LogP contribution in [-0.2, 0) is 9.59 Å². The number of ketones is 1. The molecule has 0 amide bonds. The number of hydrogen-bond acceptors (Lipinski definition) is 2. The number of carbonyl (C=O) groups excluding carboxylic acids is 1. The van der Waals surface area contributed by atoms with Crippen molar-refractivity contribution in [3.05, 3.63) is 0 Å². The fraction of sp³-hybridized carbons (Fsp3) is 0.818. The number of Topliss-reactive ketones (excluding diaryl/α,β-unsaturated/α-hetero) is 1. The van der Waals surface area contributed by atoms with Crippen LogP contribution in [0.4, 0.5) is 0 Å². The summed E-state index contributed by atoms with van der Waals surface area (Å²) >= 11 is 0. The van der Waals surface area contributed by atoms with Gasteiger partial charge in [0.25, 0.3) is 0 Å². The van der Waals surface area contributed by atoms with Crippen LogP contribution in [0.25, 0.3) is 0 Å². The van der Waals surface area contributed by atoms with Gasteiger partial charge in [-0.2, -0.15) is 0 Å². The van der Waals surface area contributed by atoms with Crippen LogP contribution < -0.4 is 0 Å². The average Bonchev–Trinajstić information content (AvgIpc) is 2.16. The van der Waals surface area contributed by atoms with Crippen LogP contribution in [0.15, 0.2) is 0 Å². The molecule has 3 heteroatoms. The van der Waals surface area contributed by atoms with Gasteiger partial charge in [0, 0.05) is 12.3 Å². The Balaban J connectivity index is 2.73. The van der Waals surface area contributed by atoms with E-state index in [0.29, 0.717) is 18.8 Å². The topological polar surface area (TPSA) is 54.4 Å². The summed E-state index contributed by atoms with van der Waals surface area (Å²) in [6.07, 6.45) is 2.81. The summed E-state index contributed by atoms with van der Waals surface area (Å²) in [5.41, 5.74) is 0. The molecule has 3 atom stereocenters. The molecule has 1 aliphatic carbocycles. The predicted octanol–water partition coefficient (Wildman–Crippen LogP) is 2.10. The van der Waals surface area contributed by atoms with Crippen molar-refractivity contribution >= 4 is 11.8 Å². The second-order valence-corrected chi connectivity index (χ2v) is 4.29. The largest absolute Gasteiger partial charge is 0.481 e. The van der Waals surface area contributed by atoms with Crippen LogP contribution in [0.3, 0.4) is 0 Å². The van der Waals surface area contributed by atoms with E-state index in [1.54, 1.807) is 6.92 Å². The predicted molar refractivity (Wildman–Crippen MR) is 52.9 cm³/mol. The van der Waals surface area contributed by atoms with Crippen molar-refractivity contribution in [1.82, 2.24) is 0 Å². The Morgan fingerprint density at radius 2 is 1.93 bits per heavy atom. The Morgan fingerprint density at radius 3 is 2.43 bits per heavy atom. The molecule has 1 N–H and O–H groups in total. The van der Waals surface area contributed by atoms with Crippen LogP contribution in [0.5, 0.6) is 0 Å². The first-order valence-corrected chi connectivity index (χ1v) is 5.31. The van der Waals surface area contributed by atoms with Gasteiger partial charge in [-0.3, -0.25) is 9.59 Å². The molecular weight excluding hydrogens is 180 g/mol. The molecule has 0 aromatic rings. The minimum absolute atomic E-state index is 0.115. The molecule has 0 radical (unpaired) electrons. The third-order valence-electron chi connectivity index (χ3n) is 3.19. The fourth-order valence-electron chi connectivity index (χ4n) is 2.29. The van der Waals surface area contributed by atoms with E-state index in [1.165, 1.54) is 0 Å². The van der Waals surface area contributed by atoms with Gasteiger partial charge in [-0.25, -0.2) is 0 Å². The molecule has 0 saturated heterocycles. The maximum absolute atomic E-state index is 11.6. The summed E-state index contributed by atoms with van der Waals surface area (Å²) in [7, 11) is 0. The summed E-state index contributed by atoms with van der Waals surface area (Å²) < 4.78 is 0. The lowest BCUT2D eigenvalue weighted by molar-refractivity contribution is -0.149. The van der Waals surface area contributed by atoms with Crippen molar-refractivity contribution in [2.45, 2.75) is 39.5 Å². The molecule has 0 spiro atoms. The smallest absolute Gasteiger partial charge is 0.307 e. The summed E-state index contributed by atoms with van der Waals surface area (Å²) in [6, 6.07) is 0. The van der Waals surface area contributed by atoms with Crippen LogP contribution in [0.1, 0.15) is 39.5 Å². The molecule has 1 saturated carbocycles. The average molecular weight is 198 g/mol. The molecule has 0 bridgehead atoms. The minimum Gasteiger partial charge on any atom is -0.481 e. The lowest BCUT2D eigenvalue weighted by Crippen LogP contribution is -2.34. The van der Waals surface area contributed by atoms with Gasteiger partial charge >= 0.3 is 5.97 Å². The summed E-state index contributed by atoms with van der Waals surface area (Å²) in [4.78, 5) is 22.5.